The predicted molar refractivity (Wildman–Crippen MR) is 112 cm³/mol. The number of aliphatic hydroxyl groups is 2. The van der Waals surface area contributed by atoms with Crippen molar-refractivity contribution in [1.29, 1.82) is 0 Å². The number of hydrogen-bond donors (Lipinski definition) is 3. The molecule has 1 rings (SSSR count). The summed E-state index contributed by atoms with van der Waals surface area (Å²) in [5.41, 5.74) is 1.45. The number of ether oxygens (including phenoxy) is 1. The van der Waals surface area contributed by atoms with Gasteiger partial charge in [-0.1, -0.05) is 56.8 Å². The molecular formula is C23H38O6. The molecule has 0 heterocycles. The molecule has 0 amide bonds. The van der Waals surface area contributed by atoms with Gasteiger partial charge in [-0.05, 0) is 32.6 Å². The highest BCUT2D eigenvalue weighted by Gasteiger charge is 2.35. The normalized spacial score (nSPS) is 20.4. The topological polar surface area (TPSA) is 104 Å². The third kappa shape index (κ3) is 9.59. The number of carbonyl (C=O) groups is 2. The van der Waals surface area contributed by atoms with E-state index in [0.717, 1.165) is 44.1 Å². The molecule has 29 heavy (non-hydrogen) atoms. The quantitative estimate of drug-likeness (QED) is 0.213. The molecule has 1 aliphatic rings. The van der Waals surface area contributed by atoms with E-state index in [4.69, 9.17) is 9.84 Å². The van der Waals surface area contributed by atoms with Crippen molar-refractivity contribution in [3.63, 3.8) is 0 Å². The Bertz CT molecular complexity index is 566. The minimum Gasteiger partial charge on any atom is -0.481 e. The van der Waals surface area contributed by atoms with Crippen LogP contribution in [0.5, 0.6) is 0 Å². The van der Waals surface area contributed by atoms with Crippen molar-refractivity contribution >= 4 is 11.9 Å². The Morgan fingerprint density at radius 2 is 1.86 bits per heavy atom. The van der Waals surface area contributed by atoms with Gasteiger partial charge < -0.3 is 20.1 Å². The molecule has 0 bridgehead atoms. The van der Waals surface area contributed by atoms with Crippen LogP contribution >= 0.6 is 0 Å². The number of carboxylic acids is 1. The Hall–Kier alpha value is -1.66. The van der Waals surface area contributed by atoms with Crippen molar-refractivity contribution in [2.45, 2.75) is 96.7 Å². The number of carboxylic acid groups (broad SMARTS) is 1. The lowest BCUT2D eigenvalue weighted by atomic mass is 9.92. The summed E-state index contributed by atoms with van der Waals surface area (Å²) in [5.74, 6) is -1.43. The highest BCUT2D eigenvalue weighted by atomic mass is 16.5. The minimum atomic E-state index is -0.779. The summed E-state index contributed by atoms with van der Waals surface area (Å²) in [6, 6.07) is 0. The second-order valence-corrected chi connectivity index (χ2v) is 7.78. The van der Waals surface area contributed by atoms with Gasteiger partial charge in [0.25, 0.3) is 0 Å². The molecule has 0 aromatic carbocycles. The lowest BCUT2D eigenvalue weighted by Crippen LogP contribution is -2.15. The number of aliphatic carboxylic acids is 1. The molecule has 3 N–H and O–H groups in total. The minimum absolute atomic E-state index is 0.177. The molecule has 0 unspecified atom stereocenters. The maximum absolute atomic E-state index is 12.3. The molecule has 3 atom stereocenters. The summed E-state index contributed by atoms with van der Waals surface area (Å²) in [6.45, 7) is 4.17. The summed E-state index contributed by atoms with van der Waals surface area (Å²) in [5, 5.41) is 29.4. The van der Waals surface area contributed by atoms with E-state index in [1.807, 2.05) is 6.08 Å². The first kappa shape index (κ1) is 25.4. The Kier molecular flexibility index (Phi) is 12.6. The van der Waals surface area contributed by atoms with Crippen LogP contribution in [0.15, 0.2) is 23.3 Å². The molecule has 0 radical (unpaired) electrons. The summed E-state index contributed by atoms with van der Waals surface area (Å²) in [7, 11) is 0. The SMILES string of the molecule is CCCCC[C@H](O)/C=C/[C@@H]1C(CCCCCCC(=O)O)=C(C(=O)OCC)C[C@H]1O. The van der Waals surface area contributed by atoms with Crippen LogP contribution in [0.25, 0.3) is 0 Å². The lowest BCUT2D eigenvalue weighted by Gasteiger charge is -2.16. The van der Waals surface area contributed by atoms with E-state index >= 15 is 0 Å². The van der Waals surface area contributed by atoms with E-state index < -0.39 is 18.2 Å². The van der Waals surface area contributed by atoms with Gasteiger partial charge in [0.15, 0.2) is 0 Å². The number of rotatable bonds is 15. The Labute approximate surface area is 174 Å². The lowest BCUT2D eigenvalue weighted by molar-refractivity contribution is -0.139. The average Bonchev–Trinajstić information content (AvgIpc) is 2.98. The zero-order chi connectivity index (χ0) is 21.6. The summed E-state index contributed by atoms with van der Waals surface area (Å²) >= 11 is 0. The molecule has 0 spiro atoms. The Balaban J connectivity index is 2.74. The molecule has 0 aliphatic heterocycles. The maximum Gasteiger partial charge on any atom is 0.334 e. The third-order valence-electron chi connectivity index (χ3n) is 5.37. The van der Waals surface area contributed by atoms with Crippen LogP contribution in [-0.4, -0.2) is 46.1 Å². The van der Waals surface area contributed by atoms with Crippen LogP contribution in [0.4, 0.5) is 0 Å². The van der Waals surface area contributed by atoms with E-state index in [9.17, 15) is 19.8 Å². The van der Waals surface area contributed by atoms with E-state index in [1.54, 1.807) is 13.0 Å². The fraction of sp³-hybridized carbons (Fsp3) is 0.739. The van der Waals surface area contributed by atoms with Gasteiger partial charge in [0.2, 0.25) is 0 Å². The molecule has 6 heteroatoms. The van der Waals surface area contributed by atoms with E-state index in [0.29, 0.717) is 24.8 Å². The number of carbonyl (C=O) groups excluding carboxylic acids is 1. The zero-order valence-corrected chi connectivity index (χ0v) is 17.9. The van der Waals surface area contributed by atoms with E-state index in [1.165, 1.54) is 0 Å². The van der Waals surface area contributed by atoms with Crippen LogP contribution in [0.3, 0.4) is 0 Å². The van der Waals surface area contributed by atoms with Crippen LogP contribution in [0.1, 0.15) is 84.5 Å². The first-order chi connectivity index (χ1) is 13.9. The first-order valence-electron chi connectivity index (χ1n) is 11.1. The van der Waals surface area contributed by atoms with Crippen molar-refractivity contribution in [1.82, 2.24) is 0 Å². The molecule has 166 valence electrons. The standard InChI is InChI=1S/C23H38O6/c1-3-5-8-11-17(24)14-15-19-18(12-9-6-7-10-13-22(26)27)20(16-21(19)25)23(28)29-4-2/h14-15,17,19,21,24-25H,3-13,16H2,1-2H3,(H,26,27)/b15-14+/t17-,19+,21+/m0/s1. The Morgan fingerprint density at radius 3 is 2.52 bits per heavy atom. The molecule has 0 saturated carbocycles. The smallest absolute Gasteiger partial charge is 0.334 e. The maximum atomic E-state index is 12.3. The molecule has 0 fully saturated rings. The van der Waals surface area contributed by atoms with E-state index in [-0.39, 0.29) is 31.3 Å². The van der Waals surface area contributed by atoms with Gasteiger partial charge in [0.05, 0.1) is 18.8 Å². The van der Waals surface area contributed by atoms with E-state index in [2.05, 4.69) is 6.92 Å². The largest absolute Gasteiger partial charge is 0.481 e. The van der Waals surface area contributed by atoms with Crippen molar-refractivity contribution in [2.75, 3.05) is 6.61 Å². The van der Waals surface area contributed by atoms with Crippen molar-refractivity contribution in [3.05, 3.63) is 23.3 Å². The second-order valence-electron chi connectivity index (χ2n) is 7.78. The molecular weight excluding hydrogens is 372 g/mol. The first-order valence-corrected chi connectivity index (χ1v) is 11.1. The predicted octanol–water partition coefficient (Wildman–Crippen LogP) is 4.15. The van der Waals surface area contributed by atoms with Gasteiger partial charge in [0.1, 0.15) is 0 Å². The fourth-order valence-corrected chi connectivity index (χ4v) is 3.79. The third-order valence-corrected chi connectivity index (χ3v) is 5.37. The molecule has 0 saturated heterocycles. The molecule has 6 nitrogen and oxygen atoms in total. The highest BCUT2D eigenvalue weighted by molar-refractivity contribution is 5.90. The summed E-state index contributed by atoms with van der Waals surface area (Å²) in [4.78, 5) is 22.9. The van der Waals surface area contributed by atoms with Crippen molar-refractivity contribution < 1.29 is 29.6 Å². The van der Waals surface area contributed by atoms with Gasteiger partial charge >= 0.3 is 11.9 Å². The molecule has 0 aromatic heterocycles. The summed E-state index contributed by atoms with van der Waals surface area (Å²) < 4.78 is 5.17. The average molecular weight is 411 g/mol. The number of unbranched alkanes of at least 4 members (excludes halogenated alkanes) is 5. The van der Waals surface area contributed by atoms with Crippen LogP contribution in [0.2, 0.25) is 0 Å². The highest BCUT2D eigenvalue weighted by Crippen LogP contribution is 2.37. The van der Waals surface area contributed by atoms with Crippen molar-refractivity contribution in [3.8, 4) is 0 Å². The van der Waals surface area contributed by atoms with Gasteiger partial charge in [-0.15, -0.1) is 0 Å². The van der Waals surface area contributed by atoms with Crippen molar-refractivity contribution in [2.24, 2.45) is 5.92 Å². The number of aliphatic hydroxyl groups excluding tert-OH is 2. The molecule has 0 aromatic rings. The van der Waals surface area contributed by atoms with Crippen LogP contribution in [0, 0.1) is 5.92 Å². The number of esters is 1. The van der Waals surface area contributed by atoms with Gasteiger partial charge in [-0.25, -0.2) is 4.79 Å². The second kappa shape index (κ2) is 14.3. The fourth-order valence-electron chi connectivity index (χ4n) is 3.79. The molecule has 1 aliphatic carbocycles. The number of hydrogen-bond acceptors (Lipinski definition) is 5. The van der Waals surface area contributed by atoms with Gasteiger partial charge in [-0.2, -0.15) is 0 Å². The summed E-state index contributed by atoms with van der Waals surface area (Å²) in [6.07, 6.45) is 10.5. The van der Waals surface area contributed by atoms with Gasteiger partial charge in [0, 0.05) is 24.3 Å². The Morgan fingerprint density at radius 1 is 1.14 bits per heavy atom. The monoisotopic (exact) mass is 410 g/mol. The van der Waals surface area contributed by atoms with Crippen LogP contribution < -0.4 is 0 Å². The van der Waals surface area contributed by atoms with Gasteiger partial charge in [-0.3, -0.25) is 4.79 Å². The van der Waals surface area contributed by atoms with Crippen LogP contribution in [-0.2, 0) is 14.3 Å². The zero-order valence-electron chi connectivity index (χ0n) is 17.9.